The number of amides is 1. The summed E-state index contributed by atoms with van der Waals surface area (Å²) in [6.45, 7) is 8.13. The quantitative estimate of drug-likeness (QED) is 0.869. The van der Waals surface area contributed by atoms with Crippen LogP contribution in [0.1, 0.15) is 36.7 Å². The first-order chi connectivity index (χ1) is 11.6. The van der Waals surface area contributed by atoms with E-state index >= 15 is 0 Å². The predicted molar refractivity (Wildman–Crippen MR) is 97.4 cm³/mol. The van der Waals surface area contributed by atoms with Gasteiger partial charge in [0.15, 0.2) is 0 Å². The van der Waals surface area contributed by atoms with E-state index in [4.69, 9.17) is 0 Å². The molecule has 1 saturated heterocycles. The van der Waals surface area contributed by atoms with Crippen molar-refractivity contribution >= 4 is 11.6 Å². The number of hydrogen-bond acceptors (Lipinski definition) is 3. The Bertz CT molecular complexity index is 672. The van der Waals surface area contributed by atoms with Gasteiger partial charge >= 0.3 is 0 Å². The third-order valence-electron chi connectivity index (χ3n) is 4.79. The van der Waals surface area contributed by atoms with Crippen molar-refractivity contribution < 1.29 is 4.79 Å². The molecule has 2 heterocycles. The Labute approximate surface area is 144 Å². The van der Waals surface area contributed by atoms with Gasteiger partial charge in [0.25, 0.3) is 5.91 Å². The second-order valence-corrected chi connectivity index (χ2v) is 6.57. The van der Waals surface area contributed by atoms with Crippen molar-refractivity contribution in [2.24, 2.45) is 0 Å². The summed E-state index contributed by atoms with van der Waals surface area (Å²) in [6, 6.07) is 12.7. The van der Waals surface area contributed by atoms with E-state index in [0.717, 1.165) is 19.5 Å². The molecule has 0 bridgehead atoms. The van der Waals surface area contributed by atoms with E-state index < -0.39 is 0 Å². The van der Waals surface area contributed by atoms with Gasteiger partial charge in [-0.05, 0) is 50.1 Å². The molecule has 2 unspecified atom stereocenters. The Hall–Kier alpha value is -2.36. The molecule has 0 spiro atoms. The number of carbonyl (C=O) groups is 1. The molecule has 1 aliphatic rings. The largest absolute Gasteiger partial charge is 0.367 e. The Balaban J connectivity index is 1.75. The van der Waals surface area contributed by atoms with Crippen LogP contribution in [0.2, 0.25) is 0 Å². The van der Waals surface area contributed by atoms with Gasteiger partial charge in [-0.3, -0.25) is 9.78 Å². The van der Waals surface area contributed by atoms with E-state index in [-0.39, 0.29) is 18.0 Å². The summed E-state index contributed by atoms with van der Waals surface area (Å²) in [7, 11) is 0. The lowest BCUT2D eigenvalue weighted by atomic mass is 10.0. The van der Waals surface area contributed by atoms with E-state index in [0.29, 0.717) is 5.56 Å². The Morgan fingerprint density at radius 1 is 1.04 bits per heavy atom. The molecule has 1 aromatic heterocycles. The highest BCUT2D eigenvalue weighted by Crippen LogP contribution is 2.24. The van der Waals surface area contributed by atoms with E-state index in [9.17, 15) is 4.79 Å². The lowest BCUT2D eigenvalue weighted by molar-refractivity contribution is 0.0574. The molecule has 24 heavy (non-hydrogen) atoms. The first kappa shape index (κ1) is 16.5. The fraction of sp³-hybridized carbons (Fsp3) is 0.400. The summed E-state index contributed by atoms with van der Waals surface area (Å²) in [5, 5.41) is 0. The number of aryl methyl sites for hydroxylation is 1. The average molecular weight is 323 g/mol. The zero-order valence-corrected chi connectivity index (χ0v) is 14.6. The predicted octanol–water partition coefficient (Wildman–Crippen LogP) is 3.38. The van der Waals surface area contributed by atoms with Crippen LogP contribution in [0.5, 0.6) is 0 Å². The summed E-state index contributed by atoms with van der Waals surface area (Å²) in [4.78, 5) is 21.2. The minimum absolute atomic E-state index is 0.0957. The summed E-state index contributed by atoms with van der Waals surface area (Å²) in [5.74, 6) is 0.0957. The molecule has 1 aromatic carbocycles. The maximum atomic E-state index is 12.8. The molecule has 1 aliphatic heterocycles. The molecule has 2 aromatic rings. The fourth-order valence-corrected chi connectivity index (χ4v) is 3.52. The Kier molecular flexibility index (Phi) is 4.84. The molecule has 0 saturated carbocycles. The summed E-state index contributed by atoms with van der Waals surface area (Å²) in [6.07, 6.45) is 4.41. The van der Waals surface area contributed by atoms with Gasteiger partial charge in [0.1, 0.15) is 0 Å². The highest BCUT2D eigenvalue weighted by Gasteiger charge is 2.33. The zero-order valence-electron chi connectivity index (χ0n) is 14.6. The molecule has 0 N–H and O–H groups in total. The lowest BCUT2D eigenvalue weighted by Crippen LogP contribution is -2.58. The van der Waals surface area contributed by atoms with Crippen molar-refractivity contribution in [1.29, 1.82) is 0 Å². The zero-order chi connectivity index (χ0) is 17.1. The molecule has 0 aliphatic carbocycles. The molecule has 4 nitrogen and oxygen atoms in total. The minimum Gasteiger partial charge on any atom is -0.367 e. The average Bonchev–Trinajstić information content (AvgIpc) is 2.61. The van der Waals surface area contributed by atoms with E-state index in [1.54, 1.807) is 24.5 Å². The van der Waals surface area contributed by atoms with E-state index in [1.807, 2.05) is 4.90 Å². The van der Waals surface area contributed by atoms with Crippen LogP contribution < -0.4 is 4.90 Å². The number of rotatable bonds is 3. The second kappa shape index (κ2) is 7.04. The Morgan fingerprint density at radius 3 is 2.17 bits per heavy atom. The maximum Gasteiger partial charge on any atom is 0.254 e. The van der Waals surface area contributed by atoms with Crippen molar-refractivity contribution in [2.75, 3.05) is 18.0 Å². The number of carbonyl (C=O) groups excluding carboxylic acids is 1. The smallest absolute Gasteiger partial charge is 0.254 e. The van der Waals surface area contributed by atoms with Gasteiger partial charge in [-0.2, -0.15) is 0 Å². The van der Waals surface area contributed by atoms with Gasteiger partial charge in [-0.1, -0.05) is 19.1 Å². The molecule has 126 valence electrons. The van der Waals surface area contributed by atoms with E-state index in [1.165, 1.54) is 11.3 Å². The van der Waals surface area contributed by atoms with Crippen LogP contribution in [0.15, 0.2) is 48.8 Å². The normalized spacial score (nSPS) is 21.0. The molecular formula is C20H25N3O. The van der Waals surface area contributed by atoms with Crippen molar-refractivity contribution in [3.05, 3.63) is 59.9 Å². The number of aromatic nitrogens is 1. The number of anilines is 1. The van der Waals surface area contributed by atoms with Crippen LogP contribution in [0.4, 0.5) is 5.69 Å². The van der Waals surface area contributed by atoms with Gasteiger partial charge in [0, 0.05) is 48.8 Å². The van der Waals surface area contributed by atoms with Gasteiger partial charge < -0.3 is 9.80 Å². The highest BCUT2D eigenvalue weighted by molar-refractivity contribution is 5.94. The monoisotopic (exact) mass is 323 g/mol. The minimum atomic E-state index is 0.0957. The molecule has 3 rings (SSSR count). The van der Waals surface area contributed by atoms with Gasteiger partial charge in [0.2, 0.25) is 0 Å². The Morgan fingerprint density at radius 2 is 1.62 bits per heavy atom. The molecule has 1 fully saturated rings. The number of piperazine rings is 1. The number of benzene rings is 1. The van der Waals surface area contributed by atoms with Crippen LogP contribution in [-0.2, 0) is 6.42 Å². The molecule has 2 atom stereocenters. The molecular weight excluding hydrogens is 298 g/mol. The SMILES string of the molecule is CCc1ccc(N2CC(C)N(C(=O)c3ccncc3)C(C)C2)cc1. The molecule has 1 amide bonds. The second-order valence-electron chi connectivity index (χ2n) is 6.57. The summed E-state index contributed by atoms with van der Waals surface area (Å²) >= 11 is 0. The third-order valence-corrected chi connectivity index (χ3v) is 4.79. The van der Waals surface area contributed by atoms with Crippen LogP contribution in [0.25, 0.3) is 0 Å². The van der Waals surface area contributed by atoms with Crippen molar-refractivity contribution in [2.45, 2.75) is 39.3 Å². The van der Waals surface area contributed by atoms with E-state index in [2.05, 4.69) is 54.9 Å². The first-order valence-electron chi connectivity index (χ1n) is 8.66. The number of pyridine rings is 1. The van der Waals surface area contributed by atoms with Crippen molar-refractivity contribution in [3.8, 4) is 0 Å². The molecule has 4 heteroatoms. The molecule has 0 radical (unpaired) electrons. The number of nitrogens with zero attached hydrogens (tertiary/aromatic N) is 3. The van der Waals surface area contributed by atoms with Crippen LogP contribution in [0.3, 0.4) is 0 Å². The lowest BCUT2D eigenvalue weighted by Gasteiger charge is -2.45. The van der Waals surface area contributed by atoms with Crippen LogP contribution in [0, 0.1) is 0 Å². The highest BCUT2D eigenvalue weighted by atomic mass is 16.2. The van der Waals surface area contributed by atoms with Gasteiger partial charge in [0.05, 0.1) is 0 Å². The number of hydrogen-bond donors (Lipinski definition) is 0. The van der Waals surface area contributed by atoms with Crippen molar-refractivity contribution in [1.82, 2.24) is 9.88 Å². The van der Waals surface area contributed by atoms with Gasteiger partial charge in [-0.25, -0.2) is 0 Å². The van der Waals surface area contributed by atoms with Crippen LogP contribution >= 0.6 is 0 Å². The third kappa shape index (κ3) is 3.28. The summed E-state index contributed by atoms with van der Waals surface area (Å²) < 4.78 is 0. The van der Waals surface area contributed by atoms with Crippen LogP contribution in [-0.4, -0.2) is 41.0 Å². The fourth-order valence-electron chi connectivity index (χ4n) is 3.52. The standard InChI is InChI=1S/C20H25N3O/c1-4-17-5-7-19(8-6-17)22-13-15(2)23(16(3)14-22)20(24)18-9-11-21-12-10-18/h5-12,15-16H,4,13-14H2,1-3H3. The topological polar surface area (TPSA) is 36.4 Å². The van der Waals surface area contributed by atoms with Crippen molar-refractivity contribution in [3.63, 3.8) is 0 Å². The van der Waals surface area contributed by atoms with Gasteiger partial charge in [-0.15, -0.1) is 0 Å². The first-order valence-corrected chi connectivity index (χ1v) is 8.66. The maximum absolute atomic E-state index is 12.8. The summed E-state index contributed by atoms with van der Waals surface area (Å²) in [5.41, 5.74) is 3.30.